The van der Waals surface area contributed by atoms with Crippen LogP contribution in [0.25, 0.3) is 10.8 Å². The maximum Gasteiger partial charge on any atom is 0.193 e. The summed E-state index contributed by atoms with van der Waals surface area (Å²) in [4.78, 5) is 0. The fourth-order valence-electron chi connectivity index (χ4n) is 2.17. The van der Waals surface area contributed by atoms with Crippen molar-refractivity contribution in [3.8, 4) is 0 Å². The lowest BCUT2D eigenvalue weighted by molar-refractivity contribution is 0.876. The van der Waals surface area contributed by atoms with Gasteiger partial charge in [-0.2, -0.15) is 5.10 Å². The number of anilines is 1. The van der Waals surface area contributed by atoms with E-state index in [9.17, 15) is 0 Å². The van der Waals surface area contributed by atoms with Crippen LogP contribution in [0.3, 0.4) is 0 Å². The monoisotopic (exact) mass is 319 g/mol. The highest BCUT2D eigenvalue weighted by Crippen LogP contribution is 2.31. The maximum absolute atomic E-state index is 4.06. The summed E-state index contributed by atoms with van der Waals surface area (Å²) in [5.41, 5.74) is 5.15. The van der Waals surface area contributed by atoms with Crippen LogP contribution >= 0.6 is 15.9 Å². The molecule has 3 nitrogen and oxygen atoms in total. The summed E-state index contributed by atoms with van der Waals surface area (Å²) >= 11 is 3.38. The number of hydrogen-bond donors (Lipinski definition) is 2. The topological polar surface area (TPSA) is 36.4 Å². The lowest BCUT2D eigenvalue weighted by atomic mass is 9.95. The normalized spacial score (nSPS) is 11.9. The van der Waals surface area contributed by atoms with Gasteiger partial charge in [0.15, 0.2) is 4.74 Å². The van der Waals surface area contributed by atoms with E-state index in [-0.39, 0.29) is 0 Å². The molecule has 4 heteroatoms. The standard InChI is InChI=1S/C15H18BrN3/c1-10(2)11-8-9-14(18-15(16)19-17-3)13-7-5-4-6-12(11)13/h4-10,17H,1-3H3,(H,18,19). The first-order chi connectivity index (χ1) is 9.13. The molecule has 0 amide bonds. The molecule has 2 aromatic carbocycles. The van der Waals surface area contributed by atoms with Crippen LogP contribution in [0, 0.1) is 0 Å². The van der Waals surface area contributed by atoms with Crippen LogP contribution in [0.2, 0.25) is 0 Å². The van der Waals surface area contributed by atoms with Crippen molar-refractivity contribution in [2.24, 2.45) is 5.10 Å². The first-order valence-corrected chi connectivity index (χ1v) is 7.11. The highest BCUT2D eigenvalue weighted by atomic mass is 79.9. The van der Waals surface area contributed by atoms with E-state index in [0.29, 0.717) is 10.7 Å². The zero-order valence-corrected chi connectivity index (χ0v) is 13.0. The van der Waals surface area contributed by atoms with Gasteiger partial charge in [0.1, 0.15) is 0 Å². The lowest BCUT2D eigenvalue weighted by Crippen LogP contribution is -2.09. The minimum Gasteiger partial charge on any atom is -0.332 e. The fourth-order valence-corrected chi connectivity index (χ4v) is 2.56. The average molecular weight is 320 g/mol. The Morgan fingerprint density at radius 1 is 1.11 bits per heavy atom. The highest BCUT2D eigenvalue weighted by Gasteiger charge is 2.08. The molecule has 0 aliphatic carbocycles. The molecule has 0 aromatic heterocycles. The van der Waals surface area contributed by atoms with E-state index in [1.165, 1.54) is 16.3 Å². The Labute approximate surface area is 122 Å². The molecule has 0 fully saturated rings. The third-order valence-electron chi connectivity index (χ3n) is 3.03. The molecule has 0 atom stereocenters. The number of amidine groups is 1. The summed E-state index contributed by atoms with van der Waals surface area (Å²) in [5, 5.41) is 9.80. The number of benzene rings is 2. The zero-order chi connectivity index (χ0) is 13.8. The van der Waals surface area contributed by atoms with Gasteiger partial charge < -0.3 is 10.7 Å². The summed E-state index contributed by atoms with van der Waals surface area (Å²) in [6.45, 7) is 4.43. The van der Waals surface area contributed by atoms with Crippen molar-refractivity contribution in [1.82, 2.24) is 5.43 Å². The van der Waals surface area contributed by atoms with Gasteiger partial charge in [-0.1, -0.05) is 44.2 Å². The summed E-state index contributed by atoms with van der Waals surface area (Å²) in [6, 6.07) is 12.7. The SMILES string of the molecule is CN/N=C(/Br)Nc1ccc(C(C)C)c2ccccc12. The van der Waals surface area contributed by atoms with Gasteiger partial charge in [-0.05, 0) is 38.9 Å². The average Bonchev–Trinajstić information content (AvgIpc) is 2.39. The largest absolute Gasteiger partial charge is 0.332 e. The molecule has 2 aromatic rings. The van der Waals surface area contributed by atoms with Gasteiger partial charge in [0.05, 0.1) is 0 Å². The van der Waals surface area contributed by atoms with Crippen molar-refractivity contribution in [1.29, 1.82) is 0 Å². The second kappa shape index (κ2) is 6.06. The molecular formula is C15H18BrN3. The van der Waals surface area contributed by atoms with Crippen LogP contribution in [0.4, 0.5) is 5.69 Å². The second-order valence-corrected chi connectivity index (χ2v) is 5.40. The quantitative estimate of drug-likeness (QED) is 0.384. The first-order valence-electron chi connectivity index (χ1n) is 6.32. The van der Waals surface area contributed by atoms with Crippen LogP contribution in [0.15, 0.2) is 41.5 Å². The van der Waals surface area contributed by atoms with Crippen LogP contribution in [-0.2, 0) is 0 Å². The number of nitrogens with zero attached hydrogens (tertiary/aromatic N) is 1. The molecule has 0 saturated carbocycles. The second-order valence-electron chi connectivity index (χ2n) is 4.65. The molecule has 2 N–H and O–H groups in total. The Morgan fingerprint density at radius 3 is 2.42 bits per heavy atom. The number of nitrogens with one attached hydrogen (secondary N) is 2. The Morgan fingerprint density at radius 2 is 1.79 bits per heavy atom. The summed E-state index contributed by atoms with van der Waals surface area (Å²) in [5.74, 6) is 0.508. The maximum atomic E-state index is 4.06. The molecule has 0 bridgehead atoms. The molecule has 0 spiro atoms. The lowest BCUT2D eigenvalue weighted by Gasteiger charge is -2.14. The van der Waals surface area contributed by atoms with Crippen molar-refractivity contribution in [3.05, 3.63) is 42.0 Å². The predicted molar refractivity (Wildman–Crippen MR) is 87.1 cm³/mol. The first kappa shape index (κ1) is 13.9. The van der Waals surface area contributed by atoms with Crippen molar-refractivity contribution in [3.63, 3.8) is 0 Å². The van der Waals surface area contributed by atoms with Crippen molar-refractivity contribution in [2.45, 2.75) is 19.8 Å². The van der Waals surface area contributed by atoms with E-state index in [1.807, 2.05) is 0 Å². The fraction of sp³-hybridized carbons (Fsp3) is 0.267. The van der Waals surface area contributed by atoms with Gasteiger partial charge in [-0.25, -0.2) is 0 Å². The Hall–Kier alpha value is -1.55. The minimum absolute atomic E-state index is 0.508. The zero-order valence-electron chi connectivity index (χ0n) is 11.4. The van der Waals surface area contributed by atoms with E-state index >= 15 is 0 Å². The number of fused-ring (bicyclic) bond motifs is 1. The van der Waals surface area contributed by atoms with Crippen LogP contribution in [0.1, 0.15) is 25.3 Å². The van der Waals surface area contributed by atoms with Crippen LogP contribution in [-0.4, -0.2) is 11.8 Å². The van der Waals surface area contributed by atoms with E-state index in [4.69, 9.17) is 0 Å². The number of rotatable bonds is 3. The molecule has 0 unspecified atom stereocenters. The van der Waals surface area contributed by atoms with Crippen molar-refractivity contribution in [2.75, 3.05) is 12.4 Å². The number of hydrogen-bond acceptors (Lipinski definition) is 2. The van der Waals surface area contributed by atoms with Gasteiger partial charge in [-0.15, -0.1) is 0 Å². The van der Waals surface area contributed by atoms with Crippen LogP contribution in [0.5, 0.6) is 0 Å². The van der Waals surface area contributed by atoms with E-state index in [1.54, 1.807) is 7.05 Å². The van der Waals surface area contributed by atoms with Gasteiger partial charge in [0.2, 0.25) is 0 Å². The number of hydrazone groups is 1. The summed E-state index contributed by atoms with van der Waals surface area (Å²) in [7, 11) is 1.77. The predicted octanol–water partition coefficient (Wildman–Crippen LogP) is 4.26. The van der Waals surface area contributed by atoms with Gasteiger partial charge in [0, 0.05) is 18.1 Å². The molecular weight excluding hydrogens is 302 g/mol. The Bertz CT molecular complexity index is 605. The van der Waals surface area contributed by atoms with Crippen molar-refractivity contribution < 1.29 is 0 Å². The summed E-state index contributed by atoms with van der Waals surface area (Å²) < 4.78 is 0.664. The molecule has 19 heavy (non-hydrogen) atoms. The molecule has 0 saturated heterocycles. The third-order valence-corrected chi connectivity index (χ3v) is 3.40. The molecule has 0 radical (unpaired) electrons. The Balaban J connectivity index is 2.53. The van der Waals surface area contributed by atoms with E-state index < -0.39 is 0 Å². The van der Waals surface area contributed by atoms with Gasteiger partial charge in [-0.3, -0.25) is 0 Å². The Kier molecular flexibility index (Phi) is 4.43. The number of halogens is 1. The van der Waals surface area contributed by atoms with Gasteiger partial charge in [0.25, 0.3) is 0 Å². The van der Waals surface area contributed by atoms with E-state index in [0.717, 1.165) is 5.69 Å². The third kappa shape index (κ3) is 3.07. The van der Waals surface area contributed by atoms with Crippen LogP contribution < -0.4 is 10.7 Å². The smallest absolute Gasteiger partial charge is 0.193 e. The molecule has 100 valence electrons. The highest BCUT2D eigenvalue weighted by molar-refractivity contribution is 9.18. The van der Waals surface area contributed by atoms with E-state index in [2.05, 4.69) is 82.0 Å². The molecule has 0 heterocycles. The molecule has 0 aliphatic heterocycles. The summed E-state index contributed by atoms with van der Waals surface area (Å²) in [6.07, 6.45) is 0. The molecule has 2 rings (SSSR count). The van der Waals surface area contributed by atoms with Crippen molar-refractivity contribution >= 4 is 37.1 Å². The van der Waals surface area contributed by atoms with Gasteiger partial charge >= 0.3 is 0 Å². The minimum atomic E-state index is 0.508. The molecule has 0 aliphatic rings.